The Morgan fingerprint density at radius 2 is 1.58 bits per heavy atom. The maximum absolute atomic E-state index is 13.6. The van der Waals surface area contributed by atoms with Gasteiger partial charge in [-0.15, -0.1) is 0 Å². The number of nitrogens with zero attached hydrogens (tertiary/aromatic N) is 1. The lowest BCUT2D eigenvalue weighted by molar-refractivity contribution is 0.225. The molecule has 7 heteroatoms. The molecule has 1 heterocycles. The molecule has 1 atom stereocenters. The average molecular weight is 476 g/mol. The normalized spacial score (nSPS) is 18.6. The highest BCUT2D eigenvalue weighted by Crippen LogP contribution is 2.41. The average Bonchev–Trinajstić information content (AvgIpc) is 3.03. The van der Waals surface area contributed by atoms with Crippen molar-refractivity contribution in [2.75, 3.05) is 13.2 Å². The molecular formula is C24H33NO3S2Si. The van der Waals surface area contributed by atoms with E-state index in [2.05, 4.69) is 46.0 Å². The minimum absolute atomic E-state index is 0.0635. The summed E-state index contributed by atoms with van der Waals surface area (Å²) in [7, 11) is -5.65. The molecule has 0 unspecified atom stereocenters. The van der Waals surface area contributed by atoms with Crippen LogP contribution in [0.1, 0.15) is 27.7 Å². The van der Waals surface area contributed by atoms with Gasteiger partial charge in [-0.3, -0.25) is 0 Å². The minimum Gasteiger partial charge on any atom is -0.415 e. The predicted molar refractivity (Wildman–Crippen MR) is 132 cm³/mol. The first kappa shape index (κ1) is 24.3. The SMILES string of the molecule is CC1=C(Sc2ccccc2)CN(S(=O)(=O)c2ccccc2)[C@H]1CO[Si](C)(C)C(C)(C)C. The standard InChI is InChI=1S/C24H33NO3S2Si/c1-19-22(18-28-31(5,6)24(2,3)4)25(30(26,27)21-15-11-8-12-16-21)17-23(19)29-20-13-9-7-10-14-20/h7-16,22H,17-18H2,1-6H3/t22-/m0/s1. The van der Waals surface area contributed by atoms with Gasteiger partial charge in [-0.05, 0) is 54.9 Å². The van der Waals surface area contributed by atoms with Gasteiger partial charge in [0.05, 0.1) is 17.5 Å². The van der Waals surface area contributed by atoms with Crippen LogP contribution < -0.4 is 0 Å². The van der Waals surface area contributed by atoms with Crippen molar-refractivity contribution in [3.8, 4) is 0 Å². The van der Waals surface area contributed by atoms with Crippen molar-refractivity contribution in [3.05, 3.63) is 71.1 Å². The van der Waals surface area contributed by atoms with E-state index < -0.39 is 18.3 Å². The summed E-state index contributed by atoms with van der Waals surface area (Å²) < 4.78 is 35.2. The van der Waals surface area contributed by atoms with Gasteiger partial charge in [-0.25, -0.2) is 8.42 Å². The van der Waals surface area contributed by atoms with Crippen LogP contribution in [0.4, 0.5) is 0 Å². The van der Waals surface area contributed by atoms with Crippen molar-refractivity contribution in [2.24, 2.45) is 0 Å². The molecule has 0 radical (unpaired) electrons. The number of sulfonamides is 1. The second-order valence-electron chi connectivity index (χ2n) is 9.47. The summed E-state index contributed by atoms with van der Waals surface area (Å²) in [5.41, 5.74) is 1.08. The Balaban J connectivity index is 1.93. The summed E-state index contributed by atoms with van der Waals surface area (Å²) in [6.07, 6.45) is 0. The Morgan fingerprint density at radius 1 is 1.03 bits per heavy atom. The first-order valence-corrected chi connectivity index (χ1v) is 15.7. The molecule has 0 fully saturated rings. The van der Waals surface area contributed by atoms with Crippen LogP contribution in [-0.2, 0) is 14.4 Å². The van der Waals surface area contributed by atoms with Crippen molar-refractivity contribution in [2.45, 2.75) is 61.7 Å². The number of rotatable bonds is 7. The van der Waals surface area contributed by atoms with Gasteiger partial charge in [-0.2, -0.15) is 4.31 Å². The Hall–Kier alpha value is -1.38. The first-order chi connectivity index (χ1) is 14.4. The molecule has 0 aromatic heterocycles. The van der Waals surface area contributed by atoms with Crippen molar-refractivity contribution in [1.29, 1.82) is 0 Å². The summed E-state index contributed by atoms with van der Waals surface area (Å²) in [5, 5.41) is 0.0635. The Bertz CT molecular complexity index is 1030. The fraction of sp³-hybridized carbons (Fsp3) is 0.417. The van der Waals surface area contributed by atoms with Crippen LogP contribution in [0.3, 0.4) is 0 Å². The number of hydrogen-bond acceptors (Lipinski definition) is 4. The number of benzene rings is 2. The van der Waals surface area contributed by atoms with Crippen LogP contribution >= 0.6 is 11.8 Å². The highest BCUT2D eigenvalue weighted by Gasteiger charge is 2.43. The van der Waals surface area contributed by atoms with Gasteiger partial charge in [0.15, 0.2) is 8.32 Å². The van der Waals surface area contributed by atoms with Crippen molar-refractivity contribution < 1.29 is 12.8 Å². The van der Waals surface area contributed by atoms with E-state index in [1.54, 1.807) is 40.3 Å². The van der Waals surface area contributed by atoms with Gasteiger partial charge < -0.3 is 4.43 Å². The molecule has 1 aliphatic heterocycles. The largest absolute Gasteiger partial charge is 0.415 e. The van der Waals surface area contributed by atoms with Crippen LogP contribution in [0.15, 0.2) is 80.9 Å². The number of hydrogen-bond donors (Lipinski definition) is 0. The van der Waals surface area contributed by atoms with Gasteiger partial charge in [0, 0.05) is 16.3 Å². The van der Waals surface area contributed by atoms with Crippen molar-refractivity contribution in [3.63, 3.8) is 0 Å². The van der Waals surface area contributed by atoms with E-state index in [0.717, 1.165) is 15.4 Å². The Kier molecular flexibility index (Phi) is 7.23. The maximum atomic E-state index is 13.6. The first-order valence-electron chi connectivity index (χ1n) is 10.6. The third kappa shape index (κ3) is 5.34. The molecule has 2 aromatic rings. The zero-order valence-electron chi connectivity index (χ0n) is 19.3. The topological polar surface area (TPSA) is 46.6 Å². The van der Waals surface area contributed by atoms with Crippen LogP contribution in [0, 0.1) is 0 Å². The lowest BCUT2D eigenvalue weighted by Crippen LogP contribution is -2.46. The van der Waals surface area contributed by atoms with E-state index in [9.17, 15) is 8.42 Å². The summed E-state index contributed by atoms with van der Waals surface area (Å²) in [6, 6.07) is 18.5. The summed E-state index contributed by atoms with van der Waals surface area (Å²) in [4.78, 5) is 2.51. The molecule has 0 saturated carbocycles. The number of thioether (sulfide) groups is 1. The minimum atomic E-state index is -3.64. The molecule has 2 aromatic carbocycles. The highest BCUT2D eigenvalue weighted by molar-refractivity contribution is 8.03. The van der Waals surface area contributed by atoms with Crippen LogP contribution in [-0.4, -0.2) is 40.2 Å². The quantitative estimate of drug-likeness (QED) is 0.451. The molecule has 4 nitrogen and oxygen atoms in total. The van der Waals surface area contributed by atoms with Gasteiger partial charge >= 0.3 is 0 Å². The molecule has 0 N–H and O–H groups in total. The lowest BCUT2D eigenvalue weighted by Gasteiger charge is -2.38. The zero-order valence-corrected chi connectivity index (χ0v) is 21.9. The molecule has 0 saturated heterocycles. The highest BCUT2D eigenvalue weighted by atomic mass is 32.2. The van der Waals surface area contributed by atoms with Gasteiger partial charge in [0.1, 0.15) is 0 Å². The molecule has 0 bridgehead atoms. The second-order valence-corrected chi connectivity index (χ2v) is 17.3. The molecule has 1 aliphatic rings. The van der Waals surface area contributed by atoms with Gasteiger partial charge in [-0.1, -0.05) is 68.9 Å². The molecule has 31 heavy (non-hydrogen) atoms. The summed E-state index contributed by atoms with van der Waals surface area (Å²) >= 11 is 1.65. The molecule has 168 valence electrons. The van der Waals surface area contributed by atoms with Gasteiger partial charge in [0.25, 0.3) is 0 Å². The van der Waals surface area contributed by atoms with Crippen LogP contribution in [0.2, 0.25) is 18.1 Å². The van der Waals surface area contributed by atoms with E-state index in [-0.39, 0.29) is 11.1 Å². The molecule has 0 spiro atoms. The van der Waals surface area contributed by atoms with E-state index in [0.29, 0.717) is 18.0 Å². The van der Waals surface area contributed by atoms with E-state index in [1.807, 2.05) is 31.2 Å². The fourth-order valence-electron chi connectivity index (χ4n) is 3.21. The second kappa shape index (κ2) is 9.23. The lowest BCUT2D eigenvalue weighted by atomic mass is 10.2. The molecular weight excluding hydrogens is 442 g/mol. The predicted octanol–water partition coefficient (Wildman–Crippen LogP) is 6.15. The van der Waals surface area contributed by atoms with Gasteiger partial charge in [0.2, 0.25) is 10.0 Å². The van der Waals surface area contributed by atoms with Crippen molar-refractivity contribution >= 4 is 30.1 Å². The molecule has 0 amide bonds. The third-order valence-corrected chi connectivity index (χ3v) is 13.9. The third-order valence-electron chi connectivity index (χ3n) is 6.33. The van der Waals surface area contributed by atoms with Crippen LogP contribution in [0.5, 0.6) is 0 Å². The van der Waals surface area contributed by atoms with Crippen LogP contribution in [0.25, 0.3) is 0 Å². The smallest absolute Gasteiger partial charge is 0.244 e. The fourth-order valence-corrected chi connectivity index (χ4v) is 7.01. The van der Waals surface area contributed by atoms with Crippen molar-refractivity contribution in [1.82, 2.24) is 4.31 Å². The monoisotopic (exact) mass is 475 g/mol. The Labute approximate surface area is 192 Å². The summed E-state index contributed by atoms with van der Waals surface area (Å²) in [6.45, 7) is 13.8. The maximum Gasteiger partial charge on any atom is 0.244 e. The van der Waals surface area contributed by atoms with E-state index >= 15 is 0 Å². The molecule has 3 rings (SSSR count). The zero-order chi connectivity index (χ0) is 22.9. The Morgan fingerprint density at radius 3 is 2.13 bits per heavy atom. The summed E-state index contributed by atoms with van der Waals surface area (Å²) in [5.74, 6) is 0. The van der Waals surface area contributed by atoms with E-state index in [4.69, 9.17) is 4.43 Å². The molecule has 0 aliphatic carbocycles. The van der Waals surface area contributed by atoms with E-state index in [1.165, 1.54) is 0 Å².